The van der Waals surface area contributed by atoms with Crippen LogP contribution in [0.25, 0.3) is 37.7 Å². The Kier molecular flexibility index (Phi) is 19.5. The average Bonchev–Trinajstić information content (AvgIpc) is 1.60. The smallest absolute Gasteiger partial charge is 0.425 e. The molecule has 8 aromatic rings. The van der Waals surface area contributed by atoms with Crippen molar-refractivity contribution in [1.82, 2.24) is 14.4 Å². The number of ether oxygens (including phenoxy) is 1. The first kappa shape index (κ1) is 65.6. The number of hydrogen-bond acceptors (Lipinski definition) is 27. The molecular formula is C46H41N11O21S8. The van der Waals surface area contributed by atoms with Crippen molar-refractivity contribution < 1.29 is 92.1 Å². The van der Waals surface area contributed by atoms with Gasteiger partial charge in [0.25, 0.3) is 50.6 Å². The van der Waals surface area contributed by atoms with Gasteiger partial charge in [-0.3, -0.25) is 32.0 Å². The standard InChI is InChI=1S/C46H41N11O18S7.O3S/c1-22-13-33(53-55-41-24(3)29(21-47)44-49-32-20-39(81(69,70)71)35(48-25(4)58)17-36(32)57(44)45(41)59)37(75-9-5-11-78(60,61)62)18-30(22)51-54-34-14-23(2)31(19-38(34)76-10-6-12-79(63,64)65)52-56-46-50-42-40(82(72,73)74)15-26-7-8-27(80(66,67)68)16-28(26)43(42)77-46;1-4(2)3/h7-8,13-20,59H,5-6,9-12H2,1-4H3,(H,48,58)(H,60,61,62)(H,63,64,65)(H,66,67,68)(H,69,70,71)(H,72,73,74);. The minimum Gasteiger partial charge on any atom is -0.493 e. The molecule has 0 aliphatic heterocycles. The summed E-state index contributed by atoms with van der Waals surface area (Å²) in [4.78, 5) is 19.1. The van der Waals surface area contributed by atoms with Crippen LogP contribution in [-0.4, -0.2) is 127 Å². The molecule has 0 atom stereocenters. The summed E-state index contributed by atoms with van der Waals surface area (Å²) in [5.74, 6) is -2.61. The van der Waals surface area contributed by atoms with E-state index in [2.05, 4.69) is 46.0 Å². The summed E-state index contributed by atoms with van der Waals surface area (Å²) < 4.78 is 201. The average molecular weight is 1340 g/mol. The van der Waals surface area contributed by atoms with Gasteiger partial charge in [0.1, 0.15) is 38.4 Å². The molecule has 5 aromatic carbocycles. The third kappa shape index (κ3) is 15.9. The zero-order chi connectivity index (χ0) is 63.6. The Balaban J connectivity index is 0.00000256. The van der Waals surface area contributed by atoms with Crippen LogP contribution in [0.4, 0.5) is 39.3 Å². The largest absolute Gasteiger partial charge is 0.493 e. The van der Waals surface area contributed by atoms with Crippen molar-refractivity contribution in [1.29, 1.82) is 5.26 Å². The number of nitriles is 1. The molecule has 0 radical (unpaired) electrons. The van der Waals surface area contributed by atoms with E-state index in [0.29, 0.717) is 16.0 Å². The number of amides is 1. The molecule has 0 unspecified atom stereocenters. The second-order valence-corrected chi connectivity index (χ2v) is 27.8. The zero-order valence-electron chi connectivity index (χ0n) is 44.1. The lowest BCUT2D eigenvalue weighted by Crippen LogP contribution is -2.11. The molecule has 40 heteroatoms. The molecule has 0 aliphatic rings. The molecule has 0 aliphatic carbocycles. The zero-order valence-corrected chi connectivity index (χ0v) is 50.6. The van der Waals surface area contributed by atoms with Crippen LogP contribution in [0.2, 0.25) is 0 Å². The number of thioether (sulfide) groups is 1. The summed E-state index contributed by atoms with van der Waals surface area (Å²) in [6, 6.07) is 14.3. The van der Waals surface area contributed by atoms with E-state index in [1.54, 1.807) is 19.9 Å². The number of nitrogens with one attached hydrogen (secondary N) is 1. The maximum absolute atomic E-state index is 12.5. The fourth-order valence-corrected chi connectivity index (χ4v) is 13.0. The lowest BCUT2D eigenvalue weighted by Gasteiger charge is -2.12. The first-order valence-corrected chi connectivity index (χ1v) is 33.9. The number of aromatic nitrogens is 3. The number of anilines is 1. The fourth-order valence-electron chi connectivity index (χ4n) is 8.01. The van der Waals surface area contributed by atoms with Gasteiger partial charge < -0.3 is 15.2 Å². The number of rotatable bonds is 20. The number of nitrogens with zero attached hydrogens (tertiary/aromatic N) is 10. The Labute approximate surface area is 496 Å². The molecule has 0 fully saturated rings. The van der Waals surface area contributed by atoms with Gasteiger partial charge in [0.2, 0.25) is 16.9 Å². The summed E-state index contributed by atoms with van der Waals surface area (Å²) in [5.41, 5.74) is -0.0493. The van der Waals surface area contributed by atoms with Crippen LogP contribution in [0.3, 0.4) is 0 Å². The van der Waals surface area contributed by atoms with Crippen molar-refractivity contribution in [3.05, 3.63) is 82.9 Å². The van der Waals surface area contributed by atoms with Crippen molar-refractivity contribution in [2.24, 2.45) is 30.7 Å². The quantitative estimate of drug-likeness (QED) is 0.0162. The minimum atomic E-state index is -4.93. The normalized spacial score (nSPS) is 12.7. The summed E-state index contributed by atoms with van der Waals surface area (Å²) in [6.07, 6.45) is -0.233. The molecule has 0 spiro atoms. The van der Waals surface area contributed by atoms with Gasteiger partial charge in [-0.15, -0.1) is 50.0 Å². The highest BCUT2D eigenvalue weighted by Crippen LogP contribution is 2.45. The number of pyridine rings is 1. The van der Waals surface area contributed by atoms with Gasteiger partial charge in [0, 0.05) is 28.8 Å². The third-order valence-corrected chi connectivity index (χ3v) is 18.1. The highest BCUT2D eigenvalue weighted by atomic mass is 32.2. The highest BCUT2D eigenvalue weighted by molar-refractivity contribution is 7.99. The Hall–Kier alpha value is -7.92. The summed E-state index contributed by atoms with van der Waals surface area (Å²) in [7, 11) is -26.4. The van der Waals surface area contributed by atoms with Gasteiger partial charge in [-0.05, 0) is 104 Å². The number of azo groups is 3. The molecule has 1 amide bonds. The molecule has 0 saturated carbocycles. The van der Waals surface area contributed by atoms with Crippen molar-refractivity contribution >= 4 is 167 Å². The van der Waals surface area contributed by atoms with Gasteiger partial charge in [0.15, 0.2) is 11.3 Å². The molecule has 0 saturated heterocycles. The summed E-state index contributed by atoms with van der Waals surface area (Å²) in [6.45, 7) is 5.41. The lowest BCUT2D eigenvalue weighted by atomic mass is 10.1. The van der Waals surface area contributed by atoms with Crippen LogP contribution in [0.15, 0.2) is 111 Å². The Bertz CT molecular complexity index is 5010. The highest BCUT2D eigenvalue weighted by Gasteiger charge is 2.27. The monoisotopic (exact) mass is 1340 g/mol. The third-order valence-electron chi connectivity index (χ3n) is 11.7. The maximum Gasteiger partial charge on any atom is 0.425 e. The lowest BCUT2D eigenvalue weighted by molar-refractivity contribution is -0.114. The number of benzene rings is 5. The van der Waals surface area contributed by atoms with Crippen molar-refractivity contribution in [2.75, 3.05) is 29.2 Å². The van der Waals surface area contributed by atoms with Crippen LogP contribution in [0, 0.1) is 32.1 Å². The number of fused-ring (bicyclic) bond motifs is 6. The number of imidazole rings is 1. The van der Waals surface area contributed by atoms with Gasteiger partial charge >= 0.3 is 10.6 Å². The molecule has 86 heavy (non-hydrogen) atoms. The molecule has 32 nitrogen and oxygen atoms in total. The second-order valence-electron chi connectivity index (χ2n) is 17.9. The molecule has 454 valence electrons. The van der Waals surface area contributed by atoms with Crippen molar-refractivity contribution in [2.45, 2.75) is 60.1 Å². The Morgan fingerprint density at radius 3 is 1.93 bits per heavy atom. The van der Waals surface area contributed by atoms with Crippen LogP contribution < -0.4 is 10.1 Å². The topological polar surface area (TPSA) is 510 Å². The molecule has 0 bridgehead atoms. The van der Waals surface area contributed by atoms with Gasteiger partial charge in [-0.2, -0.15) is 52.5 Å². The molecule has 3 aromatic heterocycles. The van der Waals surface area contributed by atoms with E-state index in [4.69, 9.17) is 17.4 Å². The van der Waals surface area contributed by atoms with E-state index < -0.39 is 99.2 Å². The van der Waals surface area contributed by atoms with E-state index in [1.165, 1.54) is 31.2 Å². The first-order chi connectivity index (χ1) is 39.9. The van der Waals surface area contributed by atoms with Gasteiger partial charge in [-0.25, -0.2) is 9.97 Å². The van der Waals surface area contributed by atoms with Crippen LogP contribution in [-0.2, 0) is 66.0 Å². The summed E-state index contributed by atoms with van der Waals surface area (Å²) in [5, 5.41) is 50.5. The maximum atomic E-state index is 12.5. The number of aryl methyl sites for hydroxylation is 2. The Morgan fingerprint density at radius 2 is 1.33 bits per heavy atom. The van der Waals surface area contributed by atoms with E-state index in [9.17, 15) is 80.0 Å². The van der Waals surface area contributed by atoms with E-state index in [0.717, 1.165) is 64.8 Å². The van der Waals surface area contributed by atoms with Gasteiger partial charge in [-0.1, -0.05) is 17.4 Å². The van der Waals surface area contributed by atoms with Crippen LogP contribution in [0.1, 0.15) is 42.0 Å². The van der Waals surface area contributed by atoms with Gasteiger partial charge in [0.05, 0.1) is 61.5 Å². The molecular weight excluding hydrogens is 1300 g/mol. The SMILES string of the molecule is CC(=O)Nc1cc2c(cc1S(=O)(=O)O)nc1c(C#N)c(C)c(N=Nc3cc(C)c(N=Nc4cc(C)c(N=Nc5nc6c(S(=O)(=O)O)cc7ccc(S(=O)(=O)O)cc7c6s5)cc4SCCCS(=O)(=O)O)cc3OCCCS(=O)(=O)O)c(O)n12.O=S(=O)=O. The van der Waals surface area contributed by atoms with Crippen LogP contribution in [0.5, 0.6) is 11.6 Å². The number of thiazole rings is 1. The molecule has 7 N–H and O–H groups in total. The first-order valence-electron chi connectivity index (χ1n) is 23.6. The minimum absolute atomic E-state index is 0.0212. The van der Waals surface area contributed by atoms with E-state index in [-0.39, 0.29) is 119 Å². The number of aromatic hydroxyl groups is 1. The van der Waals surface area contributed by atoms with Crippen LogP contribution >= 0.6 is 23.1 Å². The number of hydrogen-bond donors (Lipinski definition) is 7. The molecule has 3 heterocycles. The number of carbonyl (C=O) groups excluding carboxylic acids is 1. The van der Waals surface area contributed by atoms with E-state index >= 15 is 0 Å². The number of carbonyl (C=O) groups is 1. The van der Waals surface area contributed by atoms with Crippen molar-refractivity contribution in [3.63, 3.8) is 0 Å². The predicted octanol–water partition coefficient (Wildman–Crippen LogP) is 8.72. The Morgan fingerprint density at radius 1 is 0.733 bits per heavy atom. The summed E-state index contributed by atoms with van der Waals surface area (Å²) >= 11 is 1.88. The predicted molar refractivity (Wildman–Crippen MR) is 308 cm³/mol. The second kappa shape index (κ2) is 25.6. The molecule has 8 rings (SSSR count). The fraction of sp³-hybridized carbons (Fsp3) is 0.217. The van der Waals surface area contributed by atoms with E-state index in [1.807, 2.05) is 6.07 Å². The van der Waals surface area contributed by atoms with Crippen molar-refractivity contribution in [3.8, 4) is 17.7 Å².